The molecule has 0 aliphatic carbocycles. The molecule has 0 aliphatic rings. The van der Waals surface area contributed by atoms with Gasteiger partial charge in [0.25, 0.3) is 11.5 Å². The van der Waals surface area contributed by atoms with Gasteiger partial charge in [0.1, 0.15) is 6.54 Å². The highest BCUT2D eigenvalue weighted by atomic mass is 19.4. The summed E-state index contributed by atoms with van der Waals surface area (Å²) >= 11 is 0. The molecule has 2 N–H and O–H groups in total. The molecule has 4 rings (SSSR count). The first-order valence-corrected chi connectivity index (χ1v) is 9.83. The molecule has 0 saturated heterocycles. The van der Waals surface area contributed by atoms with Gasteiger partial charge in [-0.1, -0.05) is 24.3 Å². The average Bonchev–Trinajstić information content (AvgIpc) is 3.20. The number of nitrogens with one attached hydrogen (secondary N) is 2. The SMILES string of the molecule is CCn1c(=O)c2ccccc2n2c(CNc3ccccc3C(=O)NCC(F)(F)F)nnc12. The molecule has 0 atom stereocenters. The predicted molar refractivity (Wildman–Crippen MR) is 113 cm³/mol. The van der Waals surface area contributed by atoms with Gasteiger partial charge in [-0.3, -0.25) is 18.6 Å². The molecule has 1 amide bonds. The van der Waals surface area contributed by atoms with E-state index in [1.54, 1.807) is 46.9 Å². The second kappa shape index (κ2) is 8.33. The highest BCUT2D eigenvalue weighted by Crippen LogP contribution is 2.19. The van der Waals surface area contributed by atoms with E-state index in [1.165, 1.54) is 10.6 Å². The van der Waals surface area contributed by atoms with Crippen LogP contribution in [0.25, 0.3) is 16.7 Å². The molecule has 0 saturated carbocycles. The third-order valence-electron chi connectivity index (χ3n) is 4.95. The number of carbonyl (C=O) groups is 1. The number of aryl methyl sites for hydroxylation is 1. The lowest BCUT2D eigenvalue weighted by Crippen LogP contribution is -2.34. The standard InChI is InChI=1S/C21H19F3N6O2/c1-2-29-19(32)14-8-4-6-10-16(14)30-17(27-28-20(29)30)11-25-15-9-5-3-7-13(15)18(31)26-12-21(22,23)24/h3-10,25H,2,11-12H2,1H3,(H,26,31). The molecule has 11 heteroatoms. The van der Waals surface area contributed by atoms with E-state index in [-0.39, 0.29) is 17.7 Å². The number of fused-ring (bicyclic) bond motifs is 3. The zero-order chi connectivity index (χ0) is 22.9. The number of amides is 1. The van der Waals surface area contributed by atoms with Gasteiger partial charge in [0, 0.05) is 12.2 Å². The van der Waals surface area contributed by atoms with Crippen LogP contribution in [0.15, 0.2) is 53.3 Å². The Labute approximate surface area is 179 Å². The molecule has 8 nitrogen and oxygen atoms in total. The summed E-state index contributed by atoms with van der Waals surface area (Å²) in [6.45, 7) is 0.936. The maximum absolute atomic E-state index is 12.8. The highest BCUT2D eigenvalue weighted by Gasteiger charge is 2.28. The molecule has 2 aromatic carbocycles. The smallest absolute Gasteiger partial charge is 0.377 e. The fourth-order valence-corrected chi connectivity index (χ4v) is 3.50. The van der Waals surface area contributed by atoms with Gasteiger partial charge < -0.3 is 10.6 Å². The number of alkyl halides is 3. The van der Waals surface area contributed by atoms with Crippen LogP contribution in [0.3, 0.4) is 0 Å². The van der Waals surface area contributed by atoms with E-state index in [9.17, 15) is 22.8 Å². The van der Waals surface area contributed by atoms with Crippen molar-refractivity contribution in [1.29, 1.82) is 0 Å². The molecule has 0 aliphatic heterocycles. The largest absolute Gasteiger partial charge is 0.405 e. The fourth-order valence-electron chi connectivity index (χ4n) is 3.50. The second-order valence-corrected chi connectivity index (χ2v) is 7.02. The van der Waals surface area contributed by atoms with Crippen LogP contribution in [0.5, 0.6) is 0 Å². The predicted octanol–water partition coefficient (Wildman–Crippen LogP) is 2.97. The molecule has 0 radical (unpaired) electrons. The van der Waals surface area contributed by atoms with Crippen molar-refractivity contribution in [2.45, 2.75) is 26.2 Å². The van der Waals surface area contributed by atoms with E-state index in [0.717, 1.165) is 0 Å². The minimum absolute atomic E-state index is 0.0703. The number of aromatic nitrogens is 4. The molecule has 32 heavy (non-hydrogen) atoms. The van der Waals surface area contributed by atoms with Crippen molar-refractivity contribution in [3.05, 3.63) is 70.3 Å². The summed E-state index contributed by atoms with van der Waals surface area (Å²) < 4.78 is 40.6. The Morgan fingerprint density at radius 2 is 1.78 bits per heavy atom. The average molecular weight is 444 g/mol. The summed E-state index contributed by atoms with van der Waals surface area (Å²) in [6.07, 6.45) is -4.51. The summed E-state index contributed by atoms with van der Waals surface area (Å²) in [5.74, 6) is 0.00917. The third-order valence-corrected chi connectivity index (χ3v) is 4.95. The van der Waals surface area contributed by atoms with Gasteiger partial charge in [-0.25, -0.2) is 0 Å². The Morgan fingerprint density at radius 3 is 2.53 bits per heavy atom. The van der Waals surface area contributed by atoms with Crippen molar-refractivity contribution in [2.75, 3.05) is 11.9 Å². The maximum atomic E-state index is 12.8. The summed E-state index contributed by atoms with van der Waals surface area (Å²) in [5, 5.41) is 13.8. The Morgan fingerprint density at radius 1 is 1.06 bits per heavy atom. The number of halogens is 3. The lowest BCUT2D eigenvalue weighted by molar-refractivity contribution is -0.123. The number of rotatable bonds is 6. The number of hydrogen-bond acceptors (Lipinski definition) is 5. The van der Waals surface area contributed by atoms with Gasteiger partial charge in [0.05, 0.1) is 23.0 Å². The van der Waals surface area contributed by atoms with Crippen LogP contribution in [-0.2, 0) is 13.1 Å². The van der Waals surface area contributed by atoms with Crippen LogP contribution in [0.2, 0.25) is 0 Å². The summed E-state index contributed by atoms with van der Waals surface area (Å²) in [7, 11) is 0. The number of hydrogen-bond donors (Lipinski definition) is 2. The molecule has 0 spiro atoms. The van der Waals surface area contributed by atoms with Crippen LogP contribution >= 0.6 is 0 Å². The highest BCUT2D eigenvalue weighted by molar-refractivity contribution is 5.99. The Kier molecular flexibility index (Phi) is 5.56. The fraction of sp³-hybridized carbons (Fsp3) is 0.238. The molecule has 0 fully saturated rings. The van der Waals surface area contributed by atoms with Gasteiger partial charge >= 0.3 is 6.18 Å². The van der Waals surface area contributed by atoms with Gasteiger partial charge in [-0.2, -0.15) is 13.2 Å². The quantitative estimate of drug-likeness (QED) is 0.477. The zero-order valence-electron chi connectivity index (χ0n) is 17.0. The van der Waals surface area contributed by atoms with Crippen molar-refractivity contribution in [3.8, 4) is 0 Å². The lowest BCUT2D eigenvalue weighted by Gasteiger charge is -2.13. The second-order valence-electron chi connectivity index (χ2n) is 7.02. The van der Waals surface area contributed by atoms with E-state index >= 15 is 0 Å². The number of benzene rings is 2. The minimum atomic E-state index is -4.51. The third kappa shape index (κ3) is 4.01. The van der Waals surface area contributed by atoms with Crippen molar-refractivity contribution in [1.82, 2.24) is 24.5 Å². The van der Waals surface area contributed by atoms with Crippen LogP contribution in [0.1, 0.15) is 23.1 Å². The first-order chi connectivity index (χ1) is 15.3. The normalized spacial score (nSPS) is 11.8. The Balaban J connectivity index is 1.68. The van der Waals surface area contributed by atoms with Crippen molar-refractivity contribution < 1.29 is 18.0 Å². The first-order valence-electron chi connectivity index (χ1n) is 9.83. The molecule has 4 aromatic rings. The van der Waals surface area contributed by atoms with Crippen LogP contribution < -0.4 is 16.2 Å². The monoisotopic (exact) mass is 444 g/mol. The number of carbonyl (C=O) groups excluding carboxylic acids is 1. The van der Waals surface area contributed by atoms with Crippen LogP contribution in [-0.4, -0.2) is 37.8 Å². The number of anilines is 1. The Hall–Kier alpha value is -3.89. The molecule has 0 unspecified atom stereocenters. The number of nitrogens with zero attached hydrogens (tertiary/aromatic N) is 4. The number of para-hydroxylation sites is 2. The van der Waals surface area contributed by atoms with Gasteiger partial charge in [0.15, 0.2) is 5.82 Å². The maximum Gasteiger partial charge on any atom is 0.405 e. The molecular formula is C21H19F3N6O2. The van der Waals surface area contributed by atoms with Gasteiger partial charge in [-0.15, -0.1) is 10.2 Å². The Bertz CT molecular complexity index is 1360. The van der Waals surface area contributed by atoms with Gasteiger partial charge in [0.2, 0.25) is 5.78 Å². The van der Waals surface area contributed by atoms with Crippen molar-refractivity contribution in [2.24, 2.45) is 0 Å². The molecule has 2 aromatic heterocycles. The minimum Gasteiger partial charge on any atom is -0.377 e. The molecule has 2 heterocycles. The topological polar surface area (TPSA) is 93.3 Å². The summed E-state index contributed by atoms with van der Waals surface area (Å²) in [4.78, 5) is 25.0. The molecule has 0 bridgehead atoms. The molecule has 166 valence electrons. The van der Waals surface area contributed by atoms with E-state index in [1.807, 2.05) is 12.2 Å². The van der Waals surface area contributed by atoms with E-state index in [2.05, 4.69) is 15.5 Å². The van der Waals surface area contributed by atoms with E-state index < -0.39 is 18.6 Å². The van der Waals surface area contributed by atoms with Crippen LogP contribution in [0, 0.1) is 0 Å². The lowest BCUT2D eigenvalue weighted by atomic mass is 10.1. The first kappa shape index (κ1) is 21.3. The van der Waals surface area contributed by atoms with E-state index in [0.29, 0.717) is 34.7 Å². The van der Waals surface area contributed by atoms with Crippen LogP contribution in [0.4, 0.5) is 18.9 Å². The summed E-state index contributed by atoms with van der Waals surface area (Å²) in [5.41, 5.74) is 0.877. The van der Waals surface area contributed by atoms with Crippen molar-refractivity contribution >= 4 is 28.3 Å². The van der Waals surface area contributed by atoms with E-state index in [4.69, 9.17) is 0 Å². The summed E-state index contributed by atoms with van der Waals surface area (Å²) in [6, 6.07) is 13.3. The molecular weight excluding hydrogens is 425 g/mol. The zero-order valence-corrected chi connectivity index (χ0v) is 17.0. The van der Waals surface area contributed by atoms with Gasteiger partial charge in [-0.05, 0) is 31.2 Å². The van der Waals surface area contributed by atoms with Crippen molar-refractivity contribution in [3.63, 3.8) is 0 Å².